The number of fused-ring (bicyclic) bond motifs is 5. The van der Waals surface area contributed by atoms with Gasteiger partial charge >= 0.3 is 5.97 Å². The number of rotatable bonds is 5. The number of imide groups is 1. The highest BCUT2D eigenvalue weighted by Gasteiger charge is 2.65. The molecule has 2 saturated heterocycles. The van der Waals surface area contributed by atoms with E-state index in [9.17, 15) is 14.4 Å². The van der Waals surface area contributed by atoms with Crippen LogP contribution in [0.25, 0.3) is 6.08 Å². The van der Waals surface area contributed by atoms with Gasteiger partial charge in [0.15, 0.2) is 6.10 Å². The van der Waals surface area contributed by atoms with Gasteiger partial charge in [-0.15, -0.1) is 0 Å². The molecule has 0 spiro atoms. The summed E-state index contributed by atoms with van der Waals surface area (Å²) in [6, 6.07) is 32.0. The molecule has 2 fully saturated rings. The van der Waals surface area contributed by atoms with Crippen LogP contribution in [-0.4, -0.2) is 29.9 Å². The largest absolute Gasteiger partial charge is 0.451 e. The third-order valence-corrected chi connectivity index (χ3v) is 8.51. The third kappa shape index (κ3) is 4.06. The minimum Gasteiger partial charge on any atom is -0.451 e. The van der Waals surface area contributed by atoms with E-state index in [1.807, 2.05) is 102 Å². The van der Waals surface area contributed by atoms with Gasteiger partial charge in [0.2, 0.25) is 11.8 Å². The van der Waals surface area contributed by atoms with Gasteiger partial charge in [-0.05, 0) is 34.9 Å². The Kier molecular flexibility index (Phi) is 6.20. The molecule has 0 aliphatic carbocycles. The van der Waals surface area contributed by atoms with Crippen molar-refractivity contribution in [2.75, 3.05) is 9.80 Å². The van der Waals surface area contributed by atoms with E-state index >= 15 is 0 Å². The maximum absolute atomic E-state index is 14.4. The van der Waals surface area contributed by atoms with Crippen molar-refractivity contribution in [3.05, 3.63) is 137 Å². The molecule has 7 heteroatoms. The summed E-state index contributed by atoms with van der Waals surface area (Å²) in [7, 11) is 0. The van der Waals surface area contributed by atoms with E-state index in [4.69, 9.17) is 16.3 Å². The van der Waals surface area contributed by atoms with Crippen molar-refractivity contribution in [1.29, 1.82) is 0 Å². The zero-order valence-corrected chi connectivity index (χ0v) is 22.6. The van der Waals surface area contributed by atoms with Crippen LogP contribution in [0.4, 0.5) is 11.4 Å². The lowest BCUT2D eigenvalue weighted by atomic mass is 9.88. The molecule has 4 aromatic carbocycles. The Morgan fingerprint density at radius 3 is 1.93 bits per heavy atom. The third-order valence-electron chi connectivity index (χ3n) is 8.19. The quantitative estimate of drug-likeness (QED) is 0.219. The molecule has 0 aromatic heterocycles. The van der Waals surface area contributed by atoms with Crippen LogP contribution in [0.15, 0.2) is 115 Å². The molecule has 2 amide bonds. The van der Waals surface area contributed by atoms with Gasteiger partial charge in [-0.3, -0.25) is 9.59 Å². The number of ether oxygens (including phenoxy) is 1. The second kappa shape index (κ2) is 10.1. The summed E-state index contributed by atoms with van der Waals surface area (Å²) < 4.78 is 6.31. The first-order valence-corrected chi connectivity index (χ1v) is 13.9. The molecule has 0 radical (unpaired) electrons. The zero-order chi connectivity index (χ0) is 28.1. The highest BCUT2D eigenvalue weighted by molar-refractivity contribution is 6.36. The molecule has 0 N–H and O–H groups in total. The minimum absolute atomic E-state index is 0.294. The van der Waals surface area contributed by atoms with Crippen molar-refractivity contribution in [2.45, 2.75) is 18.2 Å². The van der Waals surface area contributed by atoms with E-state index < -0.39 is 41.9 Å². The maximum Gasteiger partial charge on any atom is 0.330 e. The first-order chi connectivity index (χ1) is 20.0. The van der Waals surface area contributed by atoms with Gasteiger partial charge in [-0.2, -0.15) is 0 Å². The Morgan fingerprint density at radius 2 is 1.27 bits per heavy atom. The number of hydrogen-bond donors (Lipinski definition) is 0. The molecular formula is C34H25ClN2O4. The fourth-order valence-corrected chi connectivity index (χ4v) is 6.65. The van der Waals surface area contributed by atoms with Crippen LogP contribution < -0.4 is 9.80 Å². The number of carbonyl (C=O) groups excluding carboxylic acids is 3. The van der Waals surface area contributed by atoms with Crippen LogP contribution in [-0.2, 0) is 19.1 Å². The predicted octanol–water partition coefficient (Wildman–Crippen LogP) is 6.06. The van der Waals surface area contributed by atoms with Crippen molar-refractivity contribution in [3.63, 3.8) is 0 Å². The number of halogens is 1. The second-order valence-corrected chi connectivity index (χ2v) is 10.8. The van der Waals surface area contributed by atoms with Crippen LogP contribution in [0.1, 0.15) is 22.8 Å². The first-order valence-electron chi connectivity index (χ1n) is 13.5. The standard InChI is InChI=1S/C34H25ClN2O4/c35-24-16-8-10-18-26(24)37-32(38)28-27-20-19-21-11-7-9-17-25(21)36(27)30(29(28)33(37)39)34(40)41-31(22-12-3-1-4-13-22)23-14-5-2-6-15-23/h1-20,27-31H/t27-,28-,29+,30+/m1/s1. The first kappa shape index (κ1) is 25.3. The number of esters is 1. The van der Waals surface area contributed by atoms with E-state index in [0.717, 1.165) is 27.3 Å². The van der Waals surface area contributed by atoms with Crippen molar-refractivity contribution in [2.24, 2.45) is 11.8 Å². The average Bonchev–Trinajstić information content (AvgIpc) is 3.49. The SMILES string of the molecule is O=C(OC(c1ccccc1)c1ccccc1)[C@@H]1[C@H]2C(=O)N(c3ccccc3Cl)C(=O)[C@@H]2[C@H]2C=Cc3ccccc3N21. The Labute approximate surface area is 242 Å². The van der Waals surface area contributed by atoms with Crippen molar-refractivity contribution in [1.82, 2.24) is 0 Å². The summed E-state index contributed by atoms with van der Waals surface area (Å²) in [4.78, 5) is 45.5. The molecule has 0 bridgehead atoms. The number of hydrogen-bond acceptors (Lipinski definition) is 5. The molecule has 3 aliphatic rings. The number of anilines is 2. The molecule has 4 atom stereocenters. The molecule has 4 aromatic rings. The van der Waals surface area contributed by atoms with Gasteiger partial charge < -0.3 is 9.64 Å². The number of amides is 2. The highest BCUT2D eigenvalue weighted by atomic mass is 35.5. The topological polar surface area (TPSA) is 66.9 Å². The van der Waals surface area contributed by atoms with Gasteiger partial charge in [-0.1, -0.05) is 115 Å². The molecule has 3 heterocycles. The molecule has 41 heavy (non-hydrogen) atoms. The molecule has 7 rings (SSSR count). The molecule has 3 aliphatic heterocycles. The number of benzene rings is 4. The van der Waals surface area contributed by atoms with Gasteiger partial charge in [0.1, 0.15) is 6.04 Å². The molecule has 0 unspecified atom stereocenters. The summed E-state index contributed by atoms with van der Waals surface area (Å²) in [5, 5.41) is 0.294. The average molecular weight is 561 g/mol. The van der Waals surface area contributed by atoms with Gasteiger partial charge in [-0.25, -0.2) is 9.69 Å². The number of nitrogens with zero attached hydrogens (tertiary/aromatic N) is 2. The van der Waals surface area contributed by atoms with E-state index in [2.05, 4.69) is 0 Å². The fourth-order valence-electron chi connectivity index (χ4n) is 6.42. The van der Waals surface area contributed by atoms with Crippen molar-refractivity contribution < 1.29 is 19.1 Å². The van der Waals surface area contributed by atoms with E-state index in [-0.39, 0.29) is 5.91 Å². The van der Waals surface area contributed by atoms with Crippen LogP contribution in [0.3, 0.4) is 0 Å². The Balaban J connectivity index is 1.33. The lowest BCUT2D eigenvalue weighted by Crippen LogP contribution is -2.49. The molecule has 6 nitrogen and oxygen atoms in total. The summed E-state index contributed by atoms with van der Waals surface area (Å²) >= 11 is 6.44. The van der Waals surface area contributed by atoms with Crippen LogP contribution in [0, 0.1) is 11.8 Å². The molecule has 202 valence electrons. The normalized spacial score (nSPS) is 22.5. The van der Waals surface area contributed by atoms with Gasteiger partial charge in [0, 0.05) is 5.69 Å². The Hall–Kier alpha value is -4.68. The Morgan fingerprint density at radius 1 is 0.707 bits per heavy atom. The van der Waals surface area contributed by atoms with Gasteiger partial charge in [0.05, 0.1) is 28.6 Å². The lowest BCUT2D eigenvalue weighted by molar-refractivity contribution is -0.151. The smallest absolute Gasteiger partial charge is 0.330 e. The lowest BCUT2D eigenvalue weighted by Gasteiger charge is -2.36. The number of carbonyl (C=O) groups is 3. The van der Waals surface area contributed by atoms with Crippen molar-refractivity contribution >= 4 is 46.8 Å². The van der Waals surface area contributed by atoms with Crippen LogP contribution in [0.2, 0.25) is 5.02 Å². The summed E-state index contributed by atoms with van der Waals surface area (Å²) in [6.07, 6.45) is 3.18. The van der Waals surface area contributed by atoms with Gasteiger partial charge in [0.25, 0.3) is 0 Å². The van der Waals surface area contributed by atoms with Crippen LogP contribution in [0.5, 0.6) is 0 Å². The minimum atomic E-state index is -1.02. The summed E-state index contributed by atoms with van der Waals surface area (Å²) in [6.45, 7) is 0. The fraction of sp³-hybridized carbons (Fsp3) is 0.147. The maximum atomic E-state index is 14.4. The van der Waals surface area contributed by atoms with E-state index in [1.54, 1.807) is 24.3 Å². The molecule has 0 saturated carbocycles. The van der Waals surface area contributed by atoms with E-state index in [1.165, 1.54) is 0 Å². The molecular weight excluding hydrogens is 536 g/mol. The van der Waals surface area contributed by atoms with Crippen LogP contribution >= 0.6 is 11.6 Å². The highest BCUT2D eigenvalue weighted by Crippen LogP contribution is 2.50. The number of para-hydroxylation sites is 2. The summed E-state index contributed by atoms with van der Waals surface area (Å²) in [5.41, 5.74) is 3.64. The zero-order valence-electron chi connectivity index (χ0n) is 21.8. The Bertz CT molecular complexity index is 1650. The summed E-state index contributed by atoms with van der Waals surface area (Å²) in [5.74, 6) is -3.10. The van der Waals surface area contributed by atoms with E-state index in [0.29, 0.717) is 10.7 Å². The second-order valence-electron chi connectivity index (χ2n) is 10.4. The predicted molar refractivity (Wildman–Crippen MR) is 157 cm³/mol. The monoisotopic (exact) mass is 560 g/mol. The van der Waals surface area contributed by atoms with Crippen molar-refractivity contribution in [3.8, 4) is 0 Å².